The van der Waals surface area contributed by atoms with Crippen LogP contribution in [0, 0.1) is 23.2 Å². The van der Waals surface area contributed by atoms with Crippen LogP contribution in [0.15, 0.2) is 29.3 Å². The summed E-state index contributed by atoms with van der Waals surface area (Å²) in [6.45, 7) is 9.36. The molecule has 2 bridgehead atoms. The van der Waals surface area contributed by atoms with Crippen molar-refractivity contribution in [1.29, 1.82) is 0 Å². The molecule has 1 amide bonds. The molecule has 2 aromatic rings. The van der Waals surface area contributed by atoms with Crippen LogP contribution >= 0.6 is 11.6 Å². The van der Waals surface area contributed by atoms with E-state index in [0.29, 0.717) is 66.7 Å². The van der Waals surface area contributed by atoms with Crippen molar-refractivity contribution in [2.24, 2.45) is 23.2 Å². The largest absolute Gasteiger partial charge is 0.379 e. The minimum absolute atomic E-state index is 0.0638. The molecule has 0 unspecified atom stereocenters. The predicted molar refractivity (Wildman–Crippen MR) is 136 cm³/mol. The second kappa shape index (κ2) is 9.43. The first-order valence-corrected chi connectivity index (χ1v) is 12.7. The molecule has 2 aromatic heterocycles. The molecule has 9 nitrogen and oxygen atoms in total. The zero-order chi connectivity index (χ0) is 24.7. The van der Waals surface area contributed by atoms with E-state index in [9.17, 15) is 9.59 Å². The van der Waals surface area contributed by atoms with Crippen molar-refractivity contribution in [2.45, 2.75) is 46.2 Å². The first kappa shape index (κ1) is 24.1. The van der Waals surface area contributed by atoms with Gasteiger partial charge in [0.2, 0.25) is 5.91 Å². The second-order valence-corrected chi connectivity index (χ2v) is 10.9. The third kappa shape index (κ3) is 4.51. The third-order valence-electron chi connectivity index (χ3n) is 8.34. The van der Waals surface area contributed by atoms with Gasteiger partial charge in [0, 0.05) is 25.3 Å². The number of fused-ring (bicyclic) bond motifs is 2. The van der Waals surface area contributed by atoms with Crippen molar-refractivity contribution in [2.75, 3.05) is 41.8 Å². The number of carbonyl (C=O) groups excluding carboxylic acids is 1. The number of carbonyl (C=O) groups is 1. The summed E-state index contributed by atoms with van der Waals surface area (Å²) < 4.78 is 6.50. The fraction of sp³-hybridized carbons (Fsp3) is 0.600. The van der Waals surface area contributed by atoms with Crippen molar-refractivity contribution < 1.29 is 9.53 Å². The van der Waals surface area contributed by atoms with Gasteiger partial charge in [-0.25, -0.2) is 9.67 Å². The van der Waals surface area contributed by atoms with Crippen LogP contribution < -0.4 is 21.1 Å². The molecule has 4 fully saturated rings. The van der Waals surface area contributed by atoms with Gasteiger partial charge < -0.3 is 20.3 Å². The number of aromatic nitrogens is 3. The number of pyridine rings is 1. The van der Waals surface area contributed by atoms with E-state index in [4.69, 9.17) is 16.3 Å². The highest BCUT2D eigenvalue weighted by atomic mass is 35.5. The number of hydrogen-bond acceptors (Lipinski definition) is 7. The SMILES string of the molecule is C[C@@H]1[C@H]2C[C@@H](C[C@H]1Nc1cnn(CC(=O)Nc3cccnc3N3CCOCC3)c(=O)c1Cl)C2(C)C. The maximum atomic E-state index is 12.9. The standard InChI is InChI=1S/C25H33ClN6O3/c1-15-17-11-16(25(17,2)3)12-19(15)29-20-13-28-32(24(34)22(20)26)14-21(33)30-18-5-4-6-27-23(18)31-7-9-35-10-8-31/h4-6,13,15-17,19,29H,7-12,14H2,1-3H3,(H,30,33)/t15-,16+,17-,19-/m1/s1. The molecule has 3 aliphatic carbocycles. The summed E-state index contributed by atoms with van der Waals surface area (Å²) in [7, 11) is 0. The van der Waals surface area contributed by atoms with Crippen molar-refractivity contribution in [3.05, 3.63) is 39.9 Å². The molecule has 3 saturated carbocycles. The number of amides is 1. The number of nitrogens with zero attached hydrogens (tertiary/aromatic N) is 4. The van der Waals surface area contributed by atoms with Gasteiger partial charge in [0.1, 0.15) is 11.6 Å². The summed E-state index contributed by atoms with van der Waals surface area (Å²) in [5.41, 5.74) is 1.02. The van der Waals surface area contributed by atoms with Crippen molar-refractivity contribution in [1.82, 2.24) is 14.8 Å². The minimum atomic E-state index is -0.486. The predicted octanol–water partition coefficient (Wildman–Crippen LogP) is 3.25. The fourth-order valence-corrected chi connectivity index (χ4v) is 6.27. The highest BCUT2D eigenvalue weighted by Gasteiger charge is 2.56. The molecule has 6 rings (SSSR count). The zero-order valence-corrected chi connectivity index (χ0v) is 21.2. The van der Waals surface area contributed by atoms with Crippen LogP contribution in [-0.4, -0.2) is 53.0 Å². The summed E-state index contributed by atoms with van der Waals surface area (Å²) >= 11 is 6.44. The van der Waals surface area contributed by atoms with E-state index in [1.807, 2.05) is 0 Å². The quantitative estimate of drug-likeness (QED) is 0.627. The summed E-state index contributed by atoms with van der Waals surface area (Å²) in [5.74, 6) is 2.16. The monoisotopic (exact) mass is 500 g/mol. The molecule has 0 spiro atoms. The number of morpholine rings is 1. The molecule has 0 aromatic carbocycles. The Balaban J connectivity index is 1.25. The Labute approximate surface area is 210 Å². The molecule has 0 radical (unpaired) electrons. The lowest BCUT2D eigenvalue weighted by atomic mass is 9.45. The second-order valence-electron chi connectivity index (χ2n) is 10.6. The van der Waals surface area contributed by atoms with E-state index in [0.717, 1.165) is 11.1 Å². The smallest absolute Gasteiger partial charge is 0.288 e. The molecule has 10 heteroatoms. The van der Waals surface area contributed by atoms with Crippen LogP contribution in [0.1, 0.15) is 33.6 Å². The van der Waals surface area contributed by atoms with Crippen LogP contribution in [0.4, 0.5) is 17.2 Å². The molecule has 35 heavy (non-hydrogen) atoms. The Morgan fingerprint density at radius 1 is 1.26 bits per heavy atom. The topological polar surface area (TPSA) is 101 Å². The van der Waals surface area contributed by atoms with Gasteiger partial charge in [0.05, 0.1) is 30.8 Å². The Bertz CT molecular complexity index is 1160. The lowest BCUT2D eigenvalue weighted by Gasteiger charge is -2.62. The van der Waals surface area contributed by atoms with Crippen LogP contribution in [-0.2, 0) is 16.1 Å². The molecular weight excluding hydrogens is 468 g/mol. The van der Waals surface area contributed by atoms with E-state index in [1.165, 1.54) is 6.42 Å². The maximum Gasteiger partial charge on any atom is 0.288 e. The lowest BCUT2D eigenvalue weighted by molar-refractivity contribution is -0.117. The molecule has 1 aliphatic heterocycles. The summed E-state index contributed by atoms with van der Waals surface area (Å²) in [6.07, 6.45) is 5.58. The molecule has 2 N–H and O–H groups in total. The molecule has 4 aliphatic rings. The number of nitrogens with one attached hydrogen (secondary N) is 2. The van der Waals surface area contributed by atoms with Crippen molar-refractivity contribution in [3.63, 3.8) is 0 Å². The van der Waals surface area contributed by atoms with Crippen molar-refractivity contribution in [3.8, 4) is 0 Å². The first-order chi connectivity index (χ1) is 16.8. The molecular formula is C25H33ClN6O3. The number of hydrogen-bond donors (Lipinski definition) is 2. The van der Waals surface area contributed by atoms with E-state index >= 15 is 0 Å². The van der Waals surface area contributed by atoms with Gasteiger partial charge in [-0.2, -0.15) is 5.10 Å². The summed E-state index contributed by atoms with van der Waals surface area (Å²) in [6, 6.07) is 3.82. The zero-order valence-electron chi connectivity index (χ0n) is 20.5. The number of halogens is 1. The van der Waals surface area contributed by atoms with Gasteiger partial charge in [-0.3, -0.25) is 9.59 Å². The first-order valence-electron chi connectivity index (χ1n) is 12.4. The number of rotatable bonds is 6. The van der Waals surface area contributed by atoms with E-state index in [1.54, 1.807) is 24.5 Å². The van der Waals surface area contributed by atoms with E-state index in [-0.39, 0.29) is 23.5 Å². The van der Waals surface area contributed by atoms with Gasteiger partial charge in [-0.15, -0.1) is 0 Å². The lowest BCUT2D eigenvalue weighted by Crippen LogP contribution is -2.58. The minimum Gasteiger partial charge on any atom is -0.379 e. The highest BCUT2D eigenvalue weighted by molar-refractivity contribution is 6.32. The average Bonchev–Trinajstić information content (AvgIpc) is 2.85. The Morgan fingerprint density at radius 2 is 2.03 bits per heavy atom. The van der Waals surface area contributed by atoms with Crippen LogP contribution in [0.25, 0.3) is 0 Å². The fourth-order valence-electron chi connectivity index (χ4n) is 6.07. The van der Waals surface area contributed by atoms with Gasteiger partial charge in [0.15, 0.2) is 5.82 Å². The molecule has 188 valence electrons. The molecule has 4 atom stereocenters. The van der Waals surface area contributed by atoms with Crippen LogP contribution in [0.2, 0.25) is 5.02 Å². The summed E-state index contributed by atoms with van der Waals surface area (Å²) in [4.78, 5) is 32.2. The van der Waals surface area contributed by atoms with Gasteiger partial charge in [-0.05, 0) is 48.1 Å². The number of ether oxygens (including phenoxy) is 1. The summed E-state index contributed by atoms with van der Waals surface area (Å²) in [5, 5.41) is 10.6. The normalized spacial score (nSPS) is 27.1. The van der Waals surface area contributed by atoms with E-state index < -0.39 is 5.56 Å². The van der Waals surface area contributed by atoms with E-state index in [2.05, 4.69) is 46.4 Å². The Kier molecular flexibility index (Phi) is 6.48. The average molecular weight is 501 g/mol. The Morgan fingerprint density at radius 3 is 2.74 bits per heavy atom. The Hall–Kier alpha value is -2.65. The number of anilines is 3. The third-order valence-corrected chi connectivity index (χ3v) is 8.71. The van der Waals surface area contributed by atoms with Gasteiger partial charge >= 0.3 is 0 Å². The highest BCUT2D eigenvalue weighted by Crippen LogP contribution is 2.61. The van der Waals surface area contributed by atoms with Crippen molar-refractivity contribution >= 4 is 34.7 Å². The maximum absolute atomic E-state index is 12.9. The molecule has 1 saturated heterocycles. The molecule has 3 heterocycles. The van der Waals surface area contributed by atoms with Crippen LogP contribution in [0.3, 0.4) is 0 Å². The van der Waals surface area contributed by atoms with Crippen LogP contribution in [0.5, 0.6) is 0 Å². The van der Waals surface area contributed by atoms with Gasteiger partial charge in [0.25, 0.3) is 5.56 Å². The van der Waals surface area contributed by atoms with Gasteiger partial charge in [-0.1, -0.05) is 32.4 Å².